The second kappa shape index (κ2) is 4.93. The highest BCUT2D eigenvalue weighted by molar-refractivity contribution is 14.2. The molecular formula is C10H8ClIN2OS. The lowest BCUT2D eigenvalue weighted by Crippen LogP contribution is -1.90. The van der Waals surface area contributed by atoms with E-state index < -0.39 is 0 Å². The van der Waals surface area contributed by atoms with Crippen LogP contribution in [0.15, 0.2) is 23.5 Å². The molecular weight excluding hydrogens is 359 g/mol. The van der Waals surface area contributed by atoms with E-state index in [9.17, 15) is 4.91 Å². The van der Waals surface area contributed by atoms with Crippen molar-refractivity contribution in [2.24, 2.45) is 5.18 Å². The number of halogens is 2. The molecule has 0 amide bonds. The quantitative estimate of drug-likeness (QED) is 0.582. The maximum atomic E-state index is 10.4. The lowest BCUT2D eigenvalue weighted by Gasteiger charge is -2.07. The molecule has 0 aliphatic rings. The molecule has 0 atom stereocenters. The van der Waals surface area contributed by atoms with Crippen LogP contribution in [0.1, 0.15) is 11.1 Å². The van der Waals surface area contributed by atoms with Gasteiger partial charge in [0.05, 0.1) is 5.52 Å². The van der Waals surface area contributed by atoms with Crippen molar-refractivity contribution in [1.82, 2.24) is 3.97 Å². The summed E-state index contributed by atoms with van der Waals surface area (Å²) >= 11 is 8.34. The fourth-order valence-corrected chi connectivity index (χ4v) is 3.53. The van der Waals surface area contributed by atoms with Crippen LogP contribution in [-0.2, 0) is 6.54 Å². The molecule has 2 aromatic rings. The summed E-state index contributed by atoms with van der Waals surface area (Å²) in [6.07, 6.45) is 1.97. The zero-order chi connectivity index (χ0) is 11.7. The third kappa shape index (κ3) is 1.96. The predicted octanol–water partition coefficient (Wildman–Crippen LogP) is 4.72. The van der Waals surface area contributed by atoms with Crippen molar-refractivity contribution in [2.45, 2.75) is 13.5 Å². The molecule has 0 spiro atoms. The van der Waals surface area contributed by atoms with Crippen molar-refractivity contribution in [2.75, 3.05) is 0 Å². The van der Waals surface area contributed by atoms with Crippen LogP contribution < -0.4 is 0 Å². The SMILES string of the molecule is Cc1cc(Cl)c(CN=O)c2ccn(SI)c12. The number of nitroso groups, excluding NO2 is 1. The van der Waals surface area contributed by atoms with Gasteiger partial charge in [-0.15, -0.1) is 0 Å². The van der Waals surface area contributed by atoms with Crippen LogP contribution in [0.5, 0.6) is 0 Å². The van der Waals surface area contributed by atoms with Gasteiger partial charge in [0.1, 0.15) is 6.54 Å². The number of nitrogens with zero attached hydrogens (tertiary/aromatic N) is 2. The van der Waals surface area contributed by atoms with Crippen LogP contribution in [0.25, 0.3) is 10.9 Å². The number of hydrogen-bond acceptors (Lipinski definition) is 3. The fraction of sp³-hybridized carbons (Fsp3) is 0.200. The molecule has 0 saturated carbocycles. The van der Waals surface area contributed by atoms with E-state index in [4.69, 9.17) is 11.6 Å². The molecule has 1 aromatic carbocycles. The van der Waals surface area contributed by atoms with Crippen molar-refractivity contribution >= 4 is 52.8 Å². The summed E-state index contributed by atoms with van der Waals surface area (Å²) in [6, 6.07) is 3.86. The smallest absolute Gasteiger partial charge is 0.108 e. The first kappa shape index (κ1) is 12.2. The molecule has 0 fully saturated rings. The van der Waals surface area contributed by atoms with Crippen molar-refractivity contribution < 1.29 is 0 Å². The molecule has 0 unspecified atom stereocenters. The predicted molar refractivity (Wildman–Crippen MR) is 78.2 cm³/mol. The Kier molecular flexibility index (Phi) is 3.76. The molecule has 0 N–H and O–H groups in total. The molecule has 0 radical (unpaired) electrons. The molecule has 16 heavy (non-hydrogen) atoms. The van der Waals surface area contributed by atoms with Gasteiger partial charge in [-0.05, 0) is 24.6 Å². The monoisotopic (exact) mass is 366 g/mol. The van der Waals surface area contributed by atoms with Gasteiger partial charge in [0.25, 0.3) is 0 Å². The van der Waals surface area contributed by atoms with Gasteiger partial charge in [-0.3, -0.25) is 3.97 Å². The van der Waals surface area contributed by atoms with Crippen LogP contribution in [-0.4, -0.2) is 3.97 Å². The van der Waals surface area contributed by atoms with Crippen LogP contribution in [0.3, 0.4) is 0 Å². The van der Waals surface area contributed by atoms with Gasteiger partial charge >= 0.3 is 0 Å². The third-order valence-electron chi connectivity index (χ3n) is 2.48. The minimum absolute atomic E-state index is 0.117. The van der Waals surface area contributed by atoms with E-state index in [1.807, 2.05) is 25.3 Å². The Bertz CT molecular complexity index is 555. The Balaban J connectivity index is 2.80. The zero-order valence-corrected chi connectivity index (χ0v) is 12.1. The first-order chi connectivity index (χ1) is 7.69. The molecule has 0 saturated heterocycles. The highest BCUT2D eigenvalue weighted by Crippen LogP contribution is 2.34. The molecule has 6 heteroatoms. The van der Waals surface area contributed by atoms with Gasteiger partial charge in [0.2, 0.25) is 0 Å². The van der Waals surface area contributed by atoms with E-state index >= 15 is 0 Å². The van der Waals surface area contributed by atoms with Gasteiger partial charge < -0.3 is 0 Å². The maximum Gasteiger partial charge on any atom is 0.108 e. The van der Waals surface area contributed by atoms with Crippen molar-refractivity contribution in [3.05, 3.63) is 39.4 Å². The number of hydrogen-bond donors (Lipinski definition) is 0. The topological polar surface area (TPSA) is 34.4 Å². The molecule has 3 nitrogen and oxygen atoms in total. The van der Waals surface area contributed by atoms with Gasteiger partial charge in [0, 0.05) is 52.5 Å². The average Bonchev–Trinajstić information content (AvgIpc) is 2.68. The molecule has 1 heterocycles. The van der Waals surface area contributed by atoms with E-state index in [1.54, 1.807) is 9.12 Å². The largest absolute Gasteiger partial charge is 0.282 e. The Morgan fingerprint density at radius 3 is 3.00 bits per heavy atom. The summed E-state index contributed by atoms with van der Waals surface area (Å²) in [5.41, 5.74) is 3.01. The standard InChI is InChI=1S/C10H8ClIN2OS/c1-6-4-9(11)8(5-13-15)7-2-3-14(16-12)10(6)7/h2-4H,5H2,1H3. The van der Waals surface area contributed by atoms with Crippen molar-refractivity contribution in [1.29, 1.82) is 0 Å². The van der Waals surface area contributed by atoms with Crippen molar-refractivity contribution in [3.8, 4) is 0 Å². The van der Waals surface area contributed by atoms with Crippen LogP contribution in [0.2, 0.25) is 5.02 Å². The lowest BCUT2D eigenvalue weighted by molar-refractivity contribution is 1.07. The van der Waals surface area contributed by atoms with Crippen LogP contribution in [0, 0.1) is 11.8 Å². The second-order valence-electron chi connectivity index (χ2n) is 3.41. The maximum absolute atomic E-state index is 10.4. The zero-order valence-electron chi connectivity index (χ0n) is 8.41. The van der Waals surface area contributed by atoms with Gasteiger partial charge in [-0.2, -0.15) is 4.91 Å². The van der Waals surface area contributed by atoms with Gasteiger partial charge in [-0.25, -0.2) is 0 Å². The van der Waals surface area contributed by atoms with E-state index in [-0.39, 0.29) is 6.54 Å². The number of aryl methyl sites for hydroxylation is 1. The minimum atomic E-state index is 0.117. The summed E-state index contributed by atoms with van der Waals surface area (Å²) in [5.74, 6) is 0. The Morgan fingerprint density at radius 2 is 2.38 bits per heavy atom. The summed E-state index contributed by atoms with van der Waals surface area (Å²) in [7, 11) is 1.59. The molecule has 0 aliphatic carbocycles. The summed E-state index contributed by atoms with van der Waals surface area (Å²) in [6.45, 7) is 2.13. The number of benzene rings is 1. The third-order valence-corrected chi connectivity index (χ3v) is 4.54. The number of aromatic nitrogens is 1. The molecule has 0 aliphatic heterocycles. The lowest BCUT2D eigenvalue weighted by atomic mass is 10.1. The molecule has 2 rings (SSSR count). The minimum Gasteiger partial charge on any atom is -0.282 e. The highest BCUT2D eigenvalue weighted by Gasteiger charge is 2.12. The first-order valence-electron chi connectivity index (χ1n) is 4.56. The second-order valence-corrected chi connectivity index (χ2v) is 5.53. The Hall–Kier alpha value is -0.270. The Morgan fingerprint density at radius 1 is 1.62 bits per heavy atom. The van der Waals surface area contributed by atoms with Crippen LogP contribution >= 0.6 is 41.9 Å². The van der Waals surface area contributed by atoms with Crippen molar-refractivity contribution in [3.63, 3.8) is 0 Å². The van der Waals surface area contributed by atoms with Gasteiger partial charge in [-0.1, -0.05) is 16.8 Å². The average molecular weight is 367 g/mol. The fourth-order valence-electron chi connectivity index (χ4n) is 1.80. The van der Waals surface area contributed by atoms with E-state index in [1.165, 1.54) is 0 Å². The molecule has 1 aromatic heterocycles. The Labute approximate surface area is 114 Å². The van der Waals surface area contributed by atoms with E-state index in [0.717, 1.165) is 22.0 Å². The summed E-state index contributed by atoms with van der Waals surface area (Å²) in [4.78, 5) is 10.4. The first-order valence-corrected chi connectivity index (χ1v) is 8.25. The summed E-state index contributed by atoms with van der Waals surface area (Å²) in [5, 5.41) is 4.55. The number of fused-ring (bicyclic) bond motifs is 1. The van der Waals surface area contributed by atoms with E-state index in [0.29, 0.717) is 5.02 Å². The van der Waals surface area contributed by atoms with E-state index in [2.05, 4.69) is 30.4 Å². The normalized spacial score (nSPS) is 10.9. The van der Waals surface area contributed by atoms with Crippen LogP contribution in [0.4, 0.5) is 0 Å². The molecule has 84 valence electrons. The van der Waals surface area contributed by atoms with Gasteiger partial charge in [0.15, 0.2) is 0 Å². The highest BCUT2D eigenvalue weighted by atomic mass is 127. The summed E-state index contributed by atoms with van der Waals surface area (Å²) < 4.78 is 2.05. The molecule has 0 bridgehead atoms. The number of rotatable bonds is 3.